The second-order valence-corrected chi connectivity index (χ2v) is 5.03. The second kappa shape index (κ2) is 8.04. The maximum Gasteiger partial charge on any atom is 0.270 e. The zero-order chi connectivity index (χ0) is 15.8. The zero-order valence-corrected chi connectivity index (χ0v) is 12.8. The van der Waals surface area contributed by atoms with Crippen molar-refractivity contribution >= 4 is 11.9 Å². The summed E-state index contributed by atoms with van der Waals surface area (Å²) in [4.78, 5) is 26.3. The largest absolute Gasteiger partial charge is 0.350 e. The molecule has 2 heterocycles. The third kappa shape index (κ3) is 5.10. The highest BCUT2D eigenvalue weighted by atomic mass is 16.1. The molecule has 0 aliphatic rings. The molecule has 116 valence electrons. The average Bonchev–Trinajstić information content (AvgIpc) is 2.54. The van der Waals surface area contributed by atoms with Gasteiger partial charge in [-0.15, -0.1) is 0 Å². The van der Waals surface area contributed by atoms with Gasteiger partial charge in [0.2, 0.25) is 5.95 Å². The van der Waals surface area contributed by atoms with Gasteiger partial charge in [-0.05, 0) is 37.9 Å². The molecule has 0 radical (unpaired) electrons. The van der Waals surface area contributed by atoms with E-state index < -0.39 is 0 Å². The molecule has 0 saturated carbocycles. The topological polar surface area (TPSA) is 83.0 Å². The van der Waals surface area contributed by atoms with Crippen LogP contribution in [0, 0.1) is 0 Å². The Hall–Kier alpha value is -2.54. The number of carbonyl (C=O) groups is 1. The quantitative estimate of drug-likeness (QED) is 0.786. The summed E-state index contributed by atoms with van der Waals surface area (Å²) < 4.78 is 0. The lowest BCUT2D eigenvalue weighted by molar-refractivity contribution is 0.0946. The number of anilines is 1. The van der Waals surface area contributed by atoms with Crippen LogP contribution in [-0.2, 0) is 6.54 Å². The number of hydrogen-bond acceptors (Lipinski definition) is 6. The Labute approximate surface area is 129 Å². The van der Waals surface area contributed by atoms with E-state index in [0.29, 0.717) is 24.7 Å². The maximum atomic E-state index is 12.0. The Bertz CT molecular complexity index is 602. The number of nitrogens with zero attached hydrogens (tertiary/aromatic N) is 4. The fourth-order valence-electron chi connectivity index (χ4n) is 1.74. The SMILES string of the molecule is CN(C)CCNC(=O)c1ccnc(NCc2ccncc2)n1. The number of pyridine rings is 1. The molecule has 0 fully saturated rings. The molecule has 0 spiro atoms. The highest BCUT2D eigenvalue weighted by Gasteiger charge is 2.08. The van der Waals surface area contributed by atoms with Crippen LogP contribution in [0.15, 0.2) is 36.8 Å². The first-order valence-electron chi connectivity index (χ1n) is 7.04. The van der Waals surface area contributed by atoms with Gasteiger partial charge < -0.3 is 15.5 Å². The van der Waals surface area contributed by atoms with Crippen molar-refractivity contribution in [3.8, 4) is 0 Å². The predicted molar refractivity (Wildman–Crippen MR) is 84.5 cm³/mol. The Balaban J connectivity index is 1.90. The van der Waals surface area contributed by atoms with Crippen LogP contribution in [0.4, 0.5) is 5.95 Å². The van der Waals surface area contributed by atoms with E-state index in [-0.39, 0.29) is 5.91 Å². The van der Waals surface area contributed by atoms with Gasteiger partial charge >= 0.3 is 0 Å². The minimum Gasteiger partial charge on any atom is -0.350 e. The number of nitrogens with one attached hydrogen (secondary N) is 2. The van der Waals surface area contributed by atoms with Crippen LogP contribution in [-0.4, -0.2) is 52.9 Å². The Morgan fingerprint density at radius 1 is 1.18 bits per heavy atom. The van der Waals surface area contributed by atoms with Crippen LogP contribution in [0.25, 0.3) is 0 Å². The first-order chi connectivity index (χ1) is 10.6. The first-order valence-corrected chi connectivity index (χ1v) is 7.04. The number of hydrogen-bond donors (Lipinski definition) is 2. The highest BCUT2D eigenvalue weighted by Crippen LogP contribution is 2.04. The van der Waals surface area contributed by atoms with Crippen LogP contribution in [0.1, 0.15) is 16.1 Å². The predicted octanol–water partition coefficient (Wildman–Crippen LogP) is 0.775. The van der Waals surface area contributed by atoms with Crippen LogP contribution in [0.3, 0.4) is 0 Å². The number of rotatable bonds is 7. The maximum absolute atomic E-state index is 12.0. The van der Waals surface area contributed by atoms with E-state index in [2.05, 4.69) is 25.6 Å². The molecule has 2 N–H and O–H groups in total. The van der Waals surface area contributed by atoms with E-state index in [0.717, 1.165) is 12.1 Å². The molecule has 0 bridgehead atoms. The van der Waals surface area contributed by atoms with Gasteiger partial charge in [-0.2, -0.15) is 0 Å². The first kappa shape index (κ1) is 15.8. The number of amides is 1. The molecule has 7 nitrogen and oxygen atoms in total. The van der Waals surface area contributed by atoms with Gasteiger partial charge in [-0.1, -0.05) is 0 Å². The molecule has 2 aromatic heterocycles. The van der Waals surface area contributed by atoms with Crippen molar-refractivity contribution in [1.82, 2.24) is 25.2 Å². The highest BCUT2D eigenvalue weighted by molar-refractivity contribution is 5.92. The van der Waals surface area contributed by atoms with E-state index in [1.165, 1.54) is 0 Å². The molecule has 7 heteroatoms. The zero-order valence-electron chi connectivity index (χ0n) is 12.8. The molecule has 0 saturated heterocycles. The van der Waals surface area contributed by atoms with Crippen molar-refractivity contribution < 1.29 is 4.79 Å². The summed E-state index contributed by atoms with van der Waals surface area (Å²) in [5.41, 5.74) is 1.42. The standard InChI is InChI=1S/C15H20N6O/c1-21(2)10-9-17-14(22)13-5-8-18-15(20-13)19-11-12-3-6-16-7-4-12/h3-8H,9-11H2,1-2H3,(H,17,22)(H,18,19,20). The molecule has 1 amide bonds. The van der Waals surface area contributed by atoms with E-state index in [1.54, 1.807) is 24.7 Å². The van der Waals surface area contributed by atoms with Crippen molar-refractivity contribution in [3.05, 3.63) is 48.0 Å². The summed E-state index contributed by atoms with van der Waals surface area (Å²) in [7, 11) is 3.91. The Morgan fingerprint density at radius 3 is 2.68 bits per heavy atom. The van der Waals surface area contributed by atoms with Crippen molar-refractivity contribution in [2.75, 3.05) is 32.5 Å². The third-order valence-corrected chi connectivity index (χ3v) is 2.93. The lowest BCUT2D eigenvalue weighted by atomic mass is 10.3. The van der Waals surface area contributed by atoms with Gasteiger partial charge in [0.05, 0.1) is 0 Å². The summed E-state index contributed by atoms with van der Waals surface area (Å²) in [6.07, 6.45) is 5.03. The molecule has 0 aliphatic carbocycles. The van der Waals surface area contributed by atoms with Crippen LogP contribution in [0.5, 0.6) is 0 Å². The van der Waals surface area contributed by atoms with E-state index in [1.807, 2.05) is 31.1 Å². The average molecular weight is 300 g/mol. The molecule has 2 rings (SSSR count). The minimum absolute atomic E-state index is 0.198. The van der Waals surface area contributed by atoms with Crippen molar-refractivity contribution in [2.45, 2.75) is 6.54 Å². The van der Waals surface area contributed by atoms with Crippen molar-refractivity contribution in [2.24, 2.45) is 0 Å². The fourth-order valence-corrected chi connectivity index (χ4v) is 1.74. The summed E-state index contributed by atoms with van der Waals surface area (Å²) >= 11 is 0. The van der Waals surface area contributed by atoms with E-state index >= 15 is 0 Å². The third-order valence-electron chi connectivity index (χ3n) is 2.93. The number of aromatic nitrogens is 3. The summed E-state index contributed by atoms with van der Waals surface area (Å²) in [6, 6.07) is 5.41. The number of carbonyl (C=O) groups excluding carboxylic acids is 1. The normalized spacial score (nSPS) is 10.5. The van der Waals surface area contributed by atoms with Crippen LogP contribution in [0.2, 0.25) is 0 Å². The Morgan fingerprint density at radius 2 is 1.95 bits per heavy atom. The molecular formula is C15H20N6O. The molecule has 0 atom stereocenters. The van der Waals surface area contributed by atoms with Gasteiger partial charge in [-0.25, -0.2) is 9.97 Å². The van der Waals surface area contributed by atoms with E-state index in [4.69, 9.17) is 0 Å². The van der Waals surface area contributed by atoms with Gasteiger partial charge in [0, 0.05) is 38.2 Å². The molecule has 22 heavy (non-hydrogen) atoms. The molecule has 2 aromatic rings. The summed E-state index contributed by atoms with van der Waals surface area (Å²) in [6.45, 7) is 1.94. The lowest BCUT2D eigenvalue weighted by Crippen LogP contribution is -2.31. The Kier molecular flexibility index (Phi) is 5.79. The summed E-state index contributed by atoms with van der Waals surface area (Å²) in [5.74, 6) is 0.230. The molecule has 0 aliphatic heterocycles. The van der Waals surface area contributed by atoms with Gasteiger partial charge in [0.1, 0.15) is 5.69 Å². The van der Waals surface area contributed by atoms with E-state index in [9.17, 15) is 4.79 Å². The minimum atomic E-state index is -0.198. The van der Waals surface area contributed by atoms with Gasteiger partial charge in [0.15, 0.2) is 0 Å². The monoisotopic (exact) mass is 300 g/mol. The van der Waals surface area contributed by atoms with Crippen molar-refractivity contribution in [1.29, 1.82) is 0 Å². The van der Waals surface area contributed by atoms with Crippen molar-refractivity contribution in [3.63, 3.8) is 0 Å². The lowest BCUT2D eigenvalue weighted by Gasteiger charge is -2.10. The van der Waals surface area contributed by atoms with Crippen LogP contribution < -0.4 is 10.6 Å². The molecule has 0 aromatic carbocycles. The molecular weight excluding hydrogens is 280 g/mol. The fraction of sp³-hybridized carbons (Fsp3) is 0.333. The number of likely N-dealkylation sites (N-methyl/N-ethyl adjacent to an activating group) is 1. The second-order valence-electron chi connectivity index (χ2n) is 5.03. The van der Waals surface area contributed by atoms with Gasteiger partial charge in [-0.3, -0.25) is 9.78 Å². The smallest absolute Gasteiger partial charge is 0.270 e. The summed E-state index contributed by atoms with van der Waals surface area (Å²) in [5, 5.41) is 5.92. The molecule has 0 unspecified atom stereocenters. The van der Waals surface area contributed by atoms with Crippen LogP contribution >= 0.6 is 0 Å². The van der Waals surface area contributed by atoms with Gasteiger partial charge in [0.25, 0.3) is 5.91 Å².